The molecule has 1 radical (unpaired) electrons. The quantitative estimate of drug-likeness (QED) is 0.448. The Kier molecular flexibility index (Phi) is 11.6. The first-order valence-corrected chi connectivity index (χ1v) is 6.88. The van der Waals surface area contributed by atoms with Crippen molar-refractivity contribution in [2.24, 2.45) is 0 Å². The van der Waals surface area contributed by atoms with Gasteiger partial charge in [-0.2, -0.15) is 0 Å². The largest absolute Gasteiger partial charge is 0.306 e. The van der Waals surface area contributed by atoms with Crippen molar-refractivity contribution in [2.75, 3.05) is 20.1 Å². The summed E-state index contributed by atoms with van der Waals surface area (Å²) in [7, 11) is 2.17. The summed E-state index contributed by atoms with van der Waals surface area (Å²) in [5, 5.41) is 0. The summed E-state index contributed by atoms with van der Waals surface area (Å²) >= 11 is 0. The number of nitrogens with zero attached hydrogens (tertiary/aromatic N) is 1. The Balaban J connectivity index is 0.000000327. The zero-order valence-corrected chi connectivity index (χ0v) is 12.2. The second-order valence-corrected chi connectivity index (χ2v) is 4.45. The smallest absolute Gasteiger partial charge is 0.0125 e. The number of unbranched alkanes of at least 4 members (excludes halogenated alkanes) is 1. The highest BCUT2D eigenvalue weighted by atomic mass is 15.1. The Morgan fingerprint density at radius 3 is 2.50 bits per heavy atom. The highest BCUT2D eigenvalue weighted by Crippen LogP contribution is 2.17. The molecule has 18 heavy (non-hydrogen) atoms. The minimum Gasteiger partial charge on any atom is -0.306 e. The summed E-state index contributed by atoms with van der Waals surface area (Å²) in [6.45, 7) is 10.3. The van der Waals surface area contributed by atoms with Crippen LogP contribution in [0.25, 0.3) is 0 Å². The lowest BCUT2D eigenvalue weighted by atomic mass is 10.3. The molecule has 0 aromatic rings. The topological polar surface area (TPSA) is 3.24 Å². The zero-order valence-electron chi connectivity index (χ0n) is 12.2. The molecule has 1 rings (SSSR count). The summed E-state index contributed by atoms with van der Waals surface area (Å²) in [5.41, 5.74) is 1.34. The molecule has 0 saturated carbocycles. The van der Waals surface area contributed by atoms with Crippen LogP contribution in [-0.2, 0) is 0 Å². The molecule has 0 amide bonds. The Morgan fingerprint density at radius 1 is 1.28 bits per heavy atom. The number of allylic oxidation sites excluding steroid dienone is 6. The lowest BCUT2D eigenvalue weighted by molar-refractivity contribution is 0.334. The molecule has 1 nitrogen and oxygen atoms in total. The van der Waals surface area contributed by atoms with Gasteiger partial charge in [0, 0.05) is 13.0 Å². The summed E-state index contributed by atoms with van der Waals surface area (Å²) in [5.74, 6) is 0. The van der Waals surface area contributed by atoms with Gasteiger partial charge in [0.15, 0.2) is 0 Å². The molecule has 0 atom stereocenters. The number of hydrogen-bond donors (Lipinski definition) is 0. The molecular weight excluding hydrogens is 218 g/mol. The van der Waals surface area contributed by atoms with Gasteiger partial charge in [-0.15, -0.1) is 6.58 Å². The Hall–Kier alpha value is -1.08. The normalized spacial score (nSPS) is 13.7. The Morgan fingerprint density at radius 2 is 2.00 bits per heavy atom. The fraction of sp³-hybridized carbons (Fsp3) is 0.471. The Labute approximate surface area is 114 Å². The van der Waals surface area contributed by atoms with E-state index < -0.39 is 0 Å². The predicted octanol–water partition coefficient (Wildman–Crippen LogP) is 4.56. The summed E-state index contributed by atoms with van der Waals surface area (Å²) in [6.07, 6.45) is 18.0. The molecular formula is C17H28N. The number of hydrogen-bond acceptors (Lipinski definition) is 1. The van der Waals surface area contributed by atoms with Crippen LogP contribution < -0.4 is 0 Å². The van der Waals surface area contributed by atoms with Gasteiger partial charge in [0.2, 0.25) is 0 Å². The van der Waals surface area contributed by atoms with Gasteiger partial charge >= 0.3 is 0 Å². The molecule has 0 aliphatic heterocycles. The van der Waals surface area contributed by atoms with Crippen LogP contribution in [0.1, 0.15) is 33.1 Å². The summed E-state index contributed by atoms with van der Waals surface area (Å²) < 4.78 is 0. The molecule has 101 valence electrons. The highest BCUT2D eigenvalue weighted by molar-refractivity contribution is 5.48. The van der Waals surface area contributed by atoms with Crippen molar-refractivity contribution in [1.29, 1.82) is 0 Å². The van der Waals surface area contributed by atoms with Crippen LogP contribution in [0.5, 0.6) is 0 Å². The van der Waals surface area contributed by atoms with E-state index in [9.17, 15) is 0 Å². The van der Waals surface area contributed by atoms with E-state index in [2.05, 4.69) is 44.0 Å². The SMILES string of the molecule is C/C=C/C=C/C1=C[CH]1.C=CCCN(C)CCCC. The molecule has 0 saturated heterocycles. The van der Waals surface area contributed by atoms with Crippen LogP contribution in [0.4, 0.5) is 0 Å². The van der Waals surface area contributed by atoms with E-state index in [0.29, 0.717) is 0 Å². The van der Waals surface area contributed by atoms with Crippen molar-refractivity contribution >= 4 is 0 Å². The van der Waals surface area contributed by atoms with Crippen LogP contribution in [0, 0.1) is 6.42 Å². The Bertz CT molecular complexity index is 284. The molecule has 0 bridgehead atoms. The van der Waals surface area contributed by atoms with E-state index in [-0.39, 0.29) is 0 Å². The van der Waals surface area contributed by atoms with Gasteiger partial charge in [-0.3, -0.25) is 0 Å². The minimum atomic E-state index is 1.11. The fourth-order valence-electron chi connectivity index (χ4n) is 1.29. The second kappa shape index (κ2) is 12.4. The summed E-state index contributed by atoms with van der Waals surface area (Å²) in [6, 6.07) is 0. The lowest BCUT2D eigenvalue weighted by Gasteiger charge is -2.13. The molecule has 0 N–H and O–H groups in total. The van der Waals surface area contributed by atoms with Gasteiger partial charge in [-0.1, -0.05) is 49.8 Å². The second-order valence-electron chi connectivity index (χ2n) is 4.45. The van der Waals surface area contributed by atoms with E-state index >= 15 is 0 Å². The first-order chi connectivity index (χ1) is 8.74. The van der Waals surface area contributed by atoms with E-state index in [1.807, 2.05) is 31.2 Å². The van der Waals surface area contributed by atoms with E-state index in [0.717, 1.165) is 13.0 Å². The van der Waals surface area contributed by atoms with Gasteiger partial charge in [-0.05, 0) is 38.9 Å². The van der Waals surface area contributed by atoms with E-state index in [4.69, 9.17) is 0 Å². The van der Waals surface area contributed by atoms with Gasteiger partial charge < -0.3 is 4.90 Å². The van der Waals surface area contributed by atoms with Crippen molar-refractivity contribution in [2.45, 2.75) is 33.1 Å². The fourth-order valence-corrected chi connectivity index (χ4v) is 1.29. The lowest BCUT2D eigenvalue weighted by Crippen LogP contribution is -2.20. The van der Waals surface area contributed by atoms with E-state index in [1.54, 1.807) is 0 Å². The van der Waals surface area contributed by atoms with Crippen LogP contribution in [-0.4, -0.2) is 25.0 Å². The molecule has 0 unspecified atom stereocenters. The standard InChI is InChI=1S/C9H19N.C8H9/c1-4-6-8-10(3)9-7-5-2;1-2-3-4-5-8-6-7-8/h4H,1,5-9H2,2-3H3;2-7H,1H3/b;3-2+,5-4+. The average molecular weight is 246 g/mol. The highest BCUT2D eigenvalue weighted by Gasteiger charge is 1.99. The summed E-state index contributed by atoms with van der Waals surface area (Å²) in [4.78, 5) is 2.35. The van der Waals surface area contributed by atoms with Crippen LogP contribution in [0.2, 0.25) is 0 Å². The molecule has 0 spiro atoms. The van der Waals surface area contributed by atoms with Crippen molar-refractivity contribution in [3.05, 3.63) is 55.0 Å². The maximum Gasteiger partial charge on any atom is 0.0125 e. The average Bonchev–Trinajstić information content (AvgIpc) is 3.19. The molecule has 0 aromatic heterocycles. The van der Waals surface area contributed by atoms with Gasteiger partial charge in [-0.25, -0.2) is 0 Å². The molecule has 0 aromatic carbocycles. The first kappa shape index (κ1) is 16.9. The van der Waals surface area contributed by atoms with E-state index in [1.165, 1.54) is 25.0 Å². The van der Waals surface area contributed by atoms with Crippen LogP contribution >= 0.6 is 0 Å². The first-order valence-electron chi connectivity index (χ1n) is 6.88. The molecule has 0 fully saturated rings. The zero-order chi connectivity index (χ0) is 13.6. The molecule has 1 aliphatic carbocycles. The minimum absolute atomic E-state index is 1.11. The van der Waals surface area contributed by atoms with Gasteiger partial charge in [0.05, 0.1) is 0 Å². The third-order valence-corrected chi connectivity index (χ3v) is 2.56. The van der Waals surface area contributed by atoms with Crippen LogP contribution in [0.3, 0.4) is 0 Å². The maximum absolute atomic E-state index is 3.69. The number of rotatable bonds is 8. The monoisotopic (exact) mass is 246 g/mol. The van der Waals surface area contributed by atoms with Crippen molar-refractivity contribution in [1.82, 2.24) is 4.90 Å². The van der Waals surface area contributed by atoms with Crippen molar-refractivity contribution in [3.8, 4) is 0 Å². The van der Waals surface area contributed by atoms with Crippen molar-refractivity contribution in [3.63, 3.8) is 0 Å². The maximum atomic E-state index is 3.69. The third-order valence-electron chi connectivity index (χ3n) is 2.56. The van der Waals surface area contributed by atoms with Gasteiger partial charge in [0.25, 0.3) is 0 Å². The van der Waals surface area contributed by atoms with Gasteiger partial charge in [0.1, 0.15) is 0 Å². The predicted molar refractivity (Wildman–Crippen MR) is 83.6 cm³/mol. The van der Waals surface area contributed by atoms with Crippen LogP contribution in [0.15, 0.2) is 48.6 Å². The van der Waals surface area contributed by atoms with Crippen molar-refractivity contribution < 1.29 is 0 Å². The third kappa shape index (κ3) is 13.0. The molecule has 1 heteroatoms. The molecule has 0 heterocycles. The molecule has 1 aliphatic rings.